The van der Waals surface area contributed by atoms with Crippen LogP contribution in [-0.2, 0) is 11.8 Å². The van der Waals surface area contributed by atoms with Crippen molar-refractivity contribution in [2.24, 2.45) is 7.05 Å². The Morgan fingerprint density at radius 2 is 2.05 bits per heavy atom. The minimum absolute atomic E-state index is 0.225. The fourth-order valence-corrected chi connectivity index (χ4v) is 2.71. The average Bonchev–Trinajstić information content (AvgIpc) is 2.68. The molecule has 0 N–H and O–H groups in total. The van der Waals surface area contributed by atoms with Crippen molar-refractivity contribution in [1.29, 1.82) is 0 Å². The summed E-state index contributed by atoms with van der Waals surface area (Å²) in [7, 11) is 1.94. The Balaban J connectivity index is 1.72. The third-order valence-corrected chi connectivity index (χ3v) is 3.80. The summed E-state index contributed by atoms with van der Waals surface area (Å²) in [5, 5.41) is 5.49. The van der Waals surface area contributed by atoms with E-state index in [1.807, 2.05) is 38.7 Å². The number of ether oxygens (including phenoxy) is 1. The zero-order valence-corrected chi connectivity index (χ0v) is 13.0. The largest absolute Gasteiger partial charge is 0.444 e. The number of fused-ring (bicyclic) bond motifs is 1. The molecule has 1 aliphatic heterocycles. The van der Waals surface area contributed by atoms with E-state index in [0.29, 0.717) is 19.0 Å². The van der Waals surface area contributed by atoms with Gasteiger partial charge in [-0.2, -0.15) is 5.10 Å². The topological polar surface area (TPSA) is 47.4 Å². The highest BCUT2D eigenvalue weighted by molar-refractivity contribution is 5.83. The average molecular weight is 287 g/mol. The molecule has 1 saturated heterocycles. The molecule has 3 rings (SSSR count). The molecule has 0 radical (unpaired) electrons. The fourth-order valence-electron chi connectivity index (χ4n) is 2.71. The van der Waals surface area contributed by atoms with Gasteiger partial charge in [0.05, 0.1) is 11.7 Å². The van der Waals surface area contributed by atoms with Gasteiger partial charge in [0.25, 0.3) is 0 Å². The smallest absolute Gasteiger partial charge is 0.410 e. The molecule has 2 heterocycles. The molecule has 1 fully saturated rings. The highest BCUT2D eigenvalue weighted by Gasteiger charge is 2.35. The van der Waals surface area contributed by atoms with Crippen LogP contribution >= 0.6 is 0 Å². The van der Waals surface area contributed by atoms with Crippen LogP contribution in [0.2, 0.25) is 0 Å². The maximum atomic E-state index is 12.0. The highest BCUT2D eigenvalue weighted by Crippen LogP contribution is 2.32. The molecule has 1 aliphatic rings. The Kier molecular flexibility index (Phi) is 3.15. The molecule has 0 spiro atoms. The van der Waals surface area contributed by atoms with E-state index in [9.17, 15) is 4.79 Å². The lowest BCUT2D eigenvalue weighted by atomic mass is 9.89. The number of aryl methyl sites for hydroxylation is 1. The molecule has 2 aromatic rings. The summed E-state index contributed by atoms with van der Waals surface area (Å²) in [6, 6.07) is 6.24. The summed E-state index contributed by atoms with van der Waals surface area (Å²) in [6.45, 7) is 7.08. The van der Waals surface area contributed by atoms with Crippen molar-refractivity contribution in [3.63, 3.8) is 0 Å². The van der Waals surface area contributed by atoms with Crippen molar-refractivity contribution in [3.05, 3.63) is 30.0 Å². The Bertz CT molecular complexity index is 678. The van der Waals surface area contributed by atoms with Crippen LogP contribution in [0.15, 0.2) is 24.4 Å². The first-order chi connectivity index (χ1) is 9.85. The monoisotopic (exact) mass is 287 g/mol. The molecule has 0 bridgehead atoms. The van der Waals surface area contributed by atoms with Crippen molar-refractivity contribution in [2.75, 3.05) is 13.1 Å². The van der Waals surface area contributed by atoms with E-state index in [4.69, 9.17) is 4.74 Å². The van der Waals surface area contributed by atoms with Gasteiger partial charge in [0.1, 0.15) is 5.60 Å². The molecular weight excluding hydrogens is 266 g/mol. The molecule has 0 aliphatic carbocycles. The van der Waals surface area contributed by atoms with Crippen molar-refractivity contribution < 1.29 is 9.53 Å². The molecule has 0 unspecified atom stereocenters. The van der Waals surface area contributed by atoms with Crippen LogP contribution in [0.25, 0.3) is 10.9 Å². The number of carbonyl (C=O) groups is 1. The lowest BCUT2D eigenvalue weighted by Crippen LogP contribution is -2.50. The van der Waals surface area contributed by atoms with Gasteiger partial charge in [-0.15, -0.1) is 0 Å². The summed E-state index contributed by atoms with van der Waals surface area (Å²) in [4.78, 5) is 13.7. The third-order valence-electron chi connectivity index (χ3n) is 3.80. The van der Waals surface area contributed by atoms with E-state index >= 15 is 0 Å². The Labute approximate surface area is 124 Å². The number of rotatable bonds is 1. The van der Waals surface area contributed by atoms with Gasteiger partial charge < -0.3 is 9.64 Å². The molecule has 0 atom stereocenters. The zero-order valence-electron chi connectivity index (χ0n) is 13.0. The Morgan fingerprint density at radius 3 is 2.71 bits per heavy atom. The molecule has 5 nitrogen and oxygen atoms in total. The van der Waals surface area contributed by atoms with Crippen LogP contribution in [0.5, 0.6) is 0 Å². The van der Waals surface area contributed by atoms with Gasteiger partial charge in [-0.1, -0.05) is 12.1 Å². The summed E-state index contributed by atoms with van der Waals surface area (Å²) in [5.74, 6) is 0.366. The van der Waals surface area contributed by atoms with Gasteiger partial charge in [0, 0.05) is 31.4 Å². The Hall–Kier alpha value is -2.04. The first kappa shape index (κ1) is 13.9. The van der Waals surface area contributed by atoms with Gasteiger partial charge in [-0.05, 0) is 32.4 Å². The van der Waals surface area contributed by atoms with E-state index in [-0.39, 0.29) is 6.09 Å². The highest BCUT2D eigenvalue weighted by atomic mass is 16.6. The van der Waals surface area contributed by atoms with Crippen molar-refractivity contribution >= 4 is 17.0 Å². The van der Waals surface area contributed by atoms with Gasteiger partial charge in [-0.25, -0.2) is 4.79 Å². The standard InChI is InChI=1S/C16H21N3O2/c1-16(2,3)21-15(20)19-9-11(10-19)12-6-5-7-14-13(12)8-17-18(14)4/h5-8,11H,9-10H2,1-4H3. The van der Waals surface area contributed by atoms with Crippen LogP contribution in [0, 0.1) is 0 Å². The summed E-state index contributed by atoms with van der Waals surface area (Å²) >= 11 is 0. The Morgan fingerprint density at radius 1 is 1.33 bits per heavy atom. The predicted molar refractivity (Wildman–Crippen MR) is 81.3 cm³/mol. The second kappa shape index (κ2) is 4.76. The third kappa shape index (κ3) is 2.60. The number of carbonyl (C=O) groups excluding carboxylic acids is 1. The van der Waals surface area contributed by atoms with Crippen molar-refractivity contribution in [3.8, 4) is 0 Å². The number of aromatic nitrogens is 2. The van der Waals surface area contributed by atoms with Crippen molar-refractivity contribution in [1.82, 2.24) is 14.7 Å². The second-order valence-corrected chi connectivity index (χ2v) is 6.63. The van der Waals surface area contributed by atoms with E-state index in [1.54, 1.807) is 4.90 Å². The first-order valence-electron chi connectivity index (χ1n) is 7.24. The van der Waals surface area contributed by atoms with Gasteiger partial charge in [0.2, 0.25) is 0 Å². The second-order valence-electron chi connectivity index (χ2n) is 6.63. The number of hydrogen-bond acceptors (Lipinski definition) is 3. The molecular formula is C16H21N3O2. The molecule has 1 aromatic carbocycles. The minimum Gasteiger partial charge on any atom is -0.444 e. The molecule has 112 valence electrons. The number of likely N-dealkylation sites (tertiary alicyclic amines) is 1. The molecule has 1 amide bonds. The zero-order chi connectivity index (χ0) is 15.2. The van der Waals surface area contributed by atoms with E-state index in [0.717, 1.165) is 5.52 Å². The fraction of sp³-hybridized carbons (Fsp3) is 0.500. The SMILES string of the molecule is Cn1ncc2c(C3CN(C(=O)OC(C)(C)C)C3)cccc21. The van der Waals surface area contributed by atoms with Crippen LogP contribution in [-0.4, -0.2) is 39.5 Å². The van der Waals surface area contributed by atoms with Crippen LogP contribution in [0.4, 0.5) is 4.79 Å². The van der Waals surface area contributed by atoms with E-state index < -0.39 is 5.60 Å². The summed E-state index contributed by atoms with van der Waals surface area (Å²) in [6.07, 6.45) is 1.68. The maximum Gasteiger partial charge on any atom is 0.410 e. The number of benzene rings is 1. The van der Waals surface area contributed by atoms with Crippen LogP contribution < -0.4 is 0 Å². The summed E-state index contributed by atoms with van der Waals surface area (Å²) in [5.41, 5.74) is 1.95. The van der Waals surface area contributed by atoms with Crippen LogP contribution in [0.1, 0.15) is 32.3 Å². The van der Waals surface area contributed by atoms with Gasteiger partial charge in [-0.3, -0.25) is 4.68 Å². The number of hydrogen-bond donors (Lipinski definition) is 0. The van der Waals surface area contributed by atoms with E-state index in [2.05, 4.69) is 23.3 Å². The normalized spacial score (nSPS) is 16.1. The molecule has 1 aromatic heterocycles. The lowest BCUT2D eigenvalue weighted by molar-refractivity contribution is 0.00830. The minimum atomic E-state index is -0.439. The number of nitrogens with zero attached hydrogens (tertiary/aromatic N) is 3. The first-order valence-corrected chi connectivity index (χ1v) is 7.24. The van der Waals surface area contributed by atoms with E-state index in [1.165, 1.54) is 10.9 Å². The lowest BCUT2D eigenvalue weighted by Gasteiger charge is -2.40. The predicted octanol–water partition coefficient (Wildman–Crippen LogP) is 2.91. The number of amides is 1. The summed E-state index contributed by atoms with van der Waals surface area (Å²) < 4.78 is 7.27. The molecule has 0 saturated carbocycles. The van der Waals surface area contributed by atoms with Crippen LogP contribution in [0.3, 0.4) is 0 Å². The quantitative estimate of drug-likeness (QED) is 0.810. The van der Waals surface area contributed by atoms with Crippen molar-refractivity contribution in [2.45, 2.75) is 32.3 Å². The van der Waals surface area contributed by atoms with Gasteiger partial charge >= 0.3 is 6.09 Å². The maximum absolute atomic E-state index is 12.0. The molecule has 21 heavy (non-hydrogen) atoms. The van der Waals surface area contributed by atoms with Gasteiger partial charge in [0.15, 0.2) is 0 Å². The molecule has 5 heteroatoms.